The Morgan fingerprint density at radius 1 is 1.53 bits per heavy atom. The summed E-state index contributed by atoms with van der Waals surface area (Å²) in [5.41, 5.74) is 1.60. The van der Waals surface area contributed by atoms with Crippen molar-refractivity contribution >= 4 is 12.4 Å². The zero-order valence-corrected chi connectivity index (χ0v) is 8.52. The molecule has 0 aliphatic carbocycles. The van der Waals surface area contributed by atoms with Gasteiger partial charge in [0.1, 0.15) is 12.3 Å². The van der Waals surface area contributed by atoms with E-state index in [-0.39, 0.29) is 12.3 Å². The minimum atomic E-state index is -0.512. The van der Waals surface area contributed by atoms with Gasteiger partial charge in [0.25, 0.3) is 6.47 Å². The van der Waals surface area contributed by atoms with Crippen LogP contribution in [0.4, 0.5) is 0 Å². The van der Waals surface area contributed by atoms with Crippen molar-refractivity contribution in [3.63, 3.8) is 0 Å². The lowest BCUT2D eigenvalue weighted by Crippen LogP contribution is -2.08. The molecule has 1 heterocycles. The van der Waals surface area contributed by atoms with E-state index in [1.807, 2.05) is 6.92 Å². The maximum atomic E-state index is 11.2. The van der Waals surface area contributed by atoms with Gasteiger partial charge in [-0.05, 0) is 18.6 Å². The second kappa shape index (κ2) is 5.09. The lowest BCUT2D eigenvalue weighted by Gasteiger charge is -2.05. The molecule has 0 fully saturated rings. The van der Waals surface area contributed by atoms with Gasteiger partial charge in [-0.2, -0.15) is 0 Å². The highest BCUT2D eigenvalue weighted by atomic mass is 16.5. The van der Waals surface area contributed by atoms with Crippen molar-refractivity contribution in [1.82, 2.24) is 4.98 Å². The van der Waals surface area contributed by atoms with Crippen LogP contribution >= 0.6 is 0 Å². The maximum Gasteiger partial charge on any atom is 0.356 e. The van der Waals surface area contributed by atoms with Gasteiger partial charge in [-0.3, -0.25) is 4.79 Å². The minimum Gasteiger partial charge on any atom is -0.464 e. The highest BCUT2D eigenvalue weighted by Crippen LogP contribution is 2.08. The van der Waals surface area contributed by atoms with Crippen LogP contribution in [0.25, 0.3) is 0 Å². The maximum absolute atomic E-state index is 11.2. The van der Waals surface area contributed by atoms with E-state index >= 15 is 0 Å². The molecule has 0 atom stereocenters. The zero-order valence-electron chi connectivity index (χ0n) is 8.52. The Hall–Kier alpha value is -1.91. The second-order valence-corrected chi connectivity index (χ2v) is 2.86. The number of pyridine rings is 1. The number of carbonyl (C=O) groups excluding carboxylic acids is 2. The number of aryl methyl sites for hydroxylation is 1. The molecule has 0 saturated carbocycles. The van der Waals surface area contributed by atoms with Gasteiger partial charge in [-0.1, -0.05) is 6.07 Å². The molecule has 5 nitrogen and oxygen atoms in total. The number of carbonyl (C=O) groups is 2. The summed E-state index contributed by atoms with van der Waals surface area (Å²) in [5.74, 6) is -0.512. The summed E-state index contributed by atoms with van der Waals surface area (Å²) in [5, 5.41) is 0. The Bertz CT molecular complexity index is 376. The summed E-state index contributed by atoms with van der Waals surface area (Å²) in [6.45, 7) is 2.21. The third kappa shape index (κ3) is 2.77. The van der Waals surface area contributed by atoms with Crippen LogP contribution in [0.15, 0.2) is 12.1 Å². The summed E-state index contributed by atoms with van der Waals surface area (Å²) < 4.78 is 9.10. The summed E-state index contributed by atoms with van der Waals surface area (Å²) in [6.07, 6.45) is 0. The number of hydrogen-bond acceptors (Lipinski definition) is 5. The normalized spacial score (nSPS) is 9.47. The average Bonchev–Trinajstić information content (AvgIpc) is 2.27. The number of ether oxygens (including phenoxy) is 2. The highest BCUT2D eigenvalue weighted by Gasteiger charge is 2.09. The molecule has 0 aliphatic heterocycles. The van der Waals surface area contributed by atoms with Crippen molar-refractivity contribution in [3.05, 3.63) is 29.1 Å². The second-order valence-electron chi connectivity index (χ2n) is 2.86. The fourth-order valence-corrected chi connectivity index (χ4v) is 1.05. The lowest BCUT2D eigenvalue weighted by atomic mass is 10.2. The van der Waals surface area contributed by atoms with Crippen LogP contribution in [-0.2, 0) is 20.9 Å². The van der Waals surface area contributed by atoms with Crippen molar-refractivity contribution in [2.75, 3.05) is 7.11 Å². The van der Waals surface area contributed by atoms with E-state index in [0.29, 0.717) is 12.2 Å². The Kier molecular flexibility index (Phi) is 3.79. The zero-order chi connectivity index (χ0) is 11.3. The number of nitrogens with zero attached hydrogens (tertiary/aromatic N) is 1. The van der Waals surface area contributed by atoms with Gasteiger partial charge in [-0.15, -0.1) is 0 Å². The molecule has 0 N–H and O–H groups in total. The molecule has 0 saturated heterocycles. The Morgan fingerprint density at radius 2 is 2.27 bits per heavy atom. The summed E-state index contributed by atoms with van der Waals surface area (Å²) >= 11 is 0. The molecule has 0 amide bonds. The molecule has 1 rings (SSSR count). The largest absolute Gasteiger partial charge is 0.464 e. The molecule has 0 radical (unpaired) electrons. The number of methoxy groups -OCH3 is 1. The predicted molar refractivity (Wildman–Crippen MR) is 51.2 cm³/mol. The van der Waals surface area contributed by atoms with E-state index in [2.05, 4.69) is 14.5 Å². The lowest BCUT2D eigenvalue weighted by molar-refractivity contribution is -0.129. The number of esters is 1. The first kappa shape index (κ1) is 11.2. The topological polar surface area (TPSA) is 65.5 Å². The number of aromatic nitrogens is 1. The van der Waals surface area contributed by atoms with Crippen LogP contribution in [0.5, 0.6) is 0 Å². The molecule has 5 heteroatoms. The first-order valence-corrected chi connectivity index (χ1v) is 4.29. The van der Waals surface area contributed by atoms with Gasteiger partial charge in [0.05, 0.1) is 12.8 Å². The van der Waals surface area contributed by atoms with Gasteiger partial charge in [0, 0.05) is 0 Å². The fourth-order valence-electron chi connectivity index (χ4n) is 1.05. The molecular formula is C10H11NO4. The van der Waals surface area contributed by atoms with Gasteiger partial charge >= 0.3 is 5.97 Å². The summed E-state index contributed by atoms with van der Waals surface area (Å²) in [7, 11) is 1.28. The van der Waals surface area contributed by atoms with Gasteiger partial charge in [-0.25, -0.2) is 9.78 Å². The first-order valence-electron chi connectivity index (χ1n) is 4.29. The van der Waals surface area contributed by atoms with Crippen LogP contribution in [-0.4, -0.2) is 24.5 Å². The van der Waals surface area contributed by atoms with Crippen LogP contribution < -0.4 is 0 Å². The van der Waals surface area contributed by atoms with Crippen molar-refractivity contribution in [2.45, 2.75) is 13.5 Å². The van der Waals surface area contributed by atoms with Crippen LogP contribution in [0.2, 0.25) is 0 Å². The SMILES string of the molecule is COC(=O)c1ccc(C)c(COC=O)n1. The quantitative estimate of drug-likeness (QED) is 0.543. The van der Waals surface area contributed by atoms with Gasteiger partial charge in [0.2, 0.25) is 0 Å². The molecule has 0 bridgehead atoms. The molecular weight excluding hydrogens is 198 g/mol. The van der Waals surface area contributed by atoms with Crippen LogP contribution in [0.3, 0.4) is 0 Å². The molecule has 1 aromatic rings. The van der Waals surface area contributed by atoms with E-state index in [0.717, 1.165) is 5.56 Å². The Balaban J connectivity index is 2.94. The van der Waals surface area contributed by atoms with E-state index in [1.54, 1.807) is 12.1 Å². The van der Waals surface area contributed by atoms with Crippen molar-refractivity contribution in [2.24, 2.45) is 0 Å². The number of hydrogen-bond donors (Lipinski definition) is 0. The van der Waals surface area contributed by atoms with Crippen molar-refractivity contribution in [1.29, 1.82) is 0 Å². The third-order valence-electron chi connectivity index (χ3n) is 1.88. The molecule has 15 heavy (non-hydrogen) atoms. The van der Waals surface area contributed by atoms with Crippen molar-refractivity contribution < 1.29 is 19.1 Å². The van der Waals surface area contributed by atoms with E-state index in [4.69, 9.17) is 0 Å². The Morgan fingerprint density at radius 3 is 2.87 bits per heavy atom. The minimum absolute atomic E-state index is 0.0557. The van der Waals surface area contributed by atoms with E-state index < -0.39 is 5.97 Å². The summed E-state index contributed by atoms with van der Waals surface area (Å²) in [4.78, 5) is 25.2. The highest BCUT2D eigenvalue weighted by molar-refractivity contribution is 5.87. The number of rotatable bonds is 4. The molecule has 0 aromatic carbocycles. The third-order valence-corrected chi connectivity index (χ3v) is 1.88. The first-order chi connectivity index (χ1) is 7.19. The predicted octanol–water partition coefficient (Wildman–Crippen LogP) is 0.850. The molecule has 1 aromatic heterocycles. The molecule has 0 aliphatic rings. The molecule has 0 unspecified atom stereocenters. The smallest absolute Gasteiger partial charge is 0.356 e. The van der Waals surface area contributed by atoms with Crippen LogP contribution in [0, 0.1) is 6.92 Å². The molecule has 0 spiro atoms. The van der Waals surface area contributed by atoms with Crippen molar-refractivity contribution in [3.8, 4) is 0 Å². The summed E-state index contributed by atoms with van der Waals surface area (Å²) in [6, 6.07) is 3.29. The monoisotopic (exact) mass is 209 g/mol. The fraction of sp³-hybridized carbons (Fsp3) is 0.300. The average molecular weight is 209 g/mol. The van der Waals surface area contributed by atoms with E-state index in [1.165, 1.54) is 7.11 Å². The van der Waals surface area contributed by atoms with Crippen LogP contribution in [0.1, 0.15) is 21.7 Å². The standard InChI is InChI=1S/C10H11NO4/c1-7-3-4-8(10(13)14-2)11-9(7)5-15-6-12/h3-4,6H,5H2,1-2H3. The molecule has 80 valence electrons. The van der Waals surface area contributed by atoms with Gasteiger partial charge < -0.3 is 9.47 Å². The van der Waals surface area contributed by atoms with Gasteiger partial charge in [0.15, 0.2) is 0 Å². The Labute approximate surface area is 87.0 Å². The van der Waals surface area contributed by atoms with E-state index in [9.17, 15) is 9.59 Å².